The van der Waals surface area contributed by atoms with Crippen LogP contribution in [0.5, 0.6) is 0 Å². The van der Waals surface area contributed by atoms with Crippen LogP contribution in [0.25, 0.3) is 76.9 Å². The van der Waals surface area contributed by atoms with Gasteiger partial charge in [0.2, 0.25) is 0 Å². The average molecular weight is 674 g/mol. The molecule has 13 rings (SSSR count). The van der Waals surface area contributed by atoms with E-state index in [2.05, 4.69) is 184 Å². The molecule has 11 aromatic rings. The largest absolute Gasteiger partial charge is 0.455 e. The Bertz CT molecular complexity index is 3320. The fourth-order valence-corrected chi connectivity index (χ4v) is 9.84. The first-order valence-corrected chi connectivity index (χ1v) is 18.3. The molecule has 0 spiro atoms. The topological polar surface area (TPSA) is 26.2 Å². The zero-order valence-electron chi connectivity index (χ0n) is 28.5. The summed E-state index contributed by atoms with van der Waals surface area (Å²) in [6.07, 6.45) is 0. The summed E-state index contributed by atoms with van der Waals surface area (Å²) in [5.74, 6) is 0. The van der Waals surface area contributed by atoms with E-state index in [1.165, 1.54) is 76.8 Å². The second-order valence-electron chi connectivity index (χ2n) is 14.5. The van der Waals surface area contributed by atoms with Crippen LogP contribution in [-0.4, -0.2) is 15.8 Å². The molecule has 53 heavy (non-hydrogen) atoms. The molecule has 0 aliphatic carbocycles. The number of anilines is 3. The summed E-state index contributed by atoms with van der Waals surface area (Å²) >= 11 is 0. The second-order valence-corrected chi connectivity index (χ2v) is 14.5. The molecule has 0 atom stereocenters. The lowest BCUT2D eigenvalue weighted by Crippen LogP contribution is -2.59. The first-order valence-electron chi connectivity index (χ1n) is 18.3. The van der Waals surface area contributed by atoms with Crippen molar-refractivity contribution >= 4 is 106 Å². The van der Waals surface area contributed by atoms with Crippen molar-refractivity contribution < 1.29 is 4.42 Å². The van der Waals surface area contributed by atoms with Crippen LogP contribution < -0.4 is 21.3 Å². The molecule has 0 unspecified atom stereocenters. The Labute approximate surface area is 304 Å². The minimum absolute atomic E-state index is 0.0221. The highest BCUT2D eigenvalue weighted by molar-refractivity contribution is 7.00. The van der Waals surface area contributed by atoms with Crippen molar-refractivity contribution in [3.05, 3.63) is 170 Å². The fraction of sp³-hybridized carbons (Fsp3) is 0. The van der Waals surface area contributed by atoms with E-state index in [0.717, 1.165) is 33.6 Å². The Hall–Kier alpha value is -6.98. The van der Waals surface area contributed by atoms with Gasteiger partial charge >= 0.3 is 0 Å². The summed E-state index contributed by atoms with van der Waals surface area (Å²) in [5, 5.41) is 7.28. The monoisotopic (exact) mass is 673 g/mol. The van der Waals surface area contributed by atoms with Gasteiger partial charge in [-0.25, -0.2) is 0 Å². The number of fused-ring (bicyclic) bond motifs is 14. The van der Waals surface area contributed by atoms with Crippen molar-refractivity contribution in [2.24, 2.45) is 0 Å². The zero-order valence-corrected chi connectivity index (χ0v) is 28.5. The summed E-state index contributed by atoms with van der Waals surface area (Å²) in [4.78, 5) is 2.40. The van der Waals surface area contributed by atoms with Gasteiger partial charge in [0.1, 0.15) is 11.2 Å². The smallest absolute Gasteiger partial charge is 0.252 e. The molecule has 5 heteroatoms. The van der Waals surface area contributed by atoms with Gasteiger partial charge < -0.3 is 18.5 Å². The second kappa shape index (κ2) is 9.87. The van der Waals surface area contributed by atoms with Crippen LogP contribution >= 0.6 is 0 Å². The third-order valence-corrected chi connectivity index (χ3v) is 11.8. The molecule has 0 saturated carbocycles. The summed E-state index contributed by atoms with van der Waals surface area (Å²) in [5.41, 5.74) is 16.6. The zero-order chi connectivity index (χ0) is 34.4. The maximum absolute atomic E-state index is 6.81. The Morgan fingerprint density at radius 3 is 1.75 bits per heavy atom. The van der Waals surface area contributed by atoms with Gasteiger partial charge in [-0.1, -0.05) is 115 Å². The van der Waals surface area contributed by atoms with Crippen molar-refractivity contribution in [3.63, 3.8) is 0 Å². The number of benzene rings is 8. The number of hydrogen-bond donors (Lipinski definition) is 0. The molecule has 2 aliphatic rings. The highest BCUT2D eigenvalue weighted by atomic mass is 16.3. The van der Waals surface area contributed by atoms with Gasteiger partial charge in [0.15, 0.2) is 0 Å². The molecular weight excluding hydrogens is 645 g/mol. The van der Waals surface area contributed by atoms with Crippen molar-refractivity contribution in [3.8, 4) is 11.4 Å². The van der Waals surface area contributed by atoms with E-state index in [9.17, 15) is 0 Å². The first-order chi connectivity index (χ1) is 26.3. The van der Waals surface area contributed by atoms with E-state index in [4.69, 9.17) is 4.42 Å². The normalized spacial score (nSPS) is 12.9. The molecule has 0 N–H and O–H groups in total. The number of para-hydroxylation sites is 6. The lowest BCUT2D eigenvalue weighted by Gasteiger charge is -2.35. The molecule has 0 fully saturated rings. The number of rotatable bonds is 3. The van der Waals surface area contributed by atoms with Crippen LogP contribution in [0, 0.1) is 0 Å². The van der Waals surface area contributed by atoms with Crippen LogP contribution in [-0.2, 0) is 0 Å². The third kappa shape index (κ3) is 3.42. The van der Waals surface area contributed by atoms with Gasteiger partial charge in [-0.15, -0.1) is 0 Å². The summed E-state index contributed by atoms with van der Waals surface area (Å²) in [7, 11) is 0. The van der Waals surface area contributed by atoms with E-state index in [0.29, 0.717) is 0 Å². The lowest BCUT2D eigenvalue weighted by molar-refractivity contribution is 0.673. The van der Waals surface area contributed by atoms with Crippen molar-refractivity contribution in [2.45, 2.75) is 0 Å². The molecule has 5 heterocycles. The van der Waals surface area contributed by atoms with Crippen LogP contribution in [0.2, 0.25) is 0 Å². The molecule has 0 amide bonds. The Balaban J connectivity index is 1.27. The predicted molar refractivity (Wildman–Crippen MR) is 222 cm³/mol. The van der Waals surface area contributed by atoms with E-state index in [1.54, 1.807) is 0 Å². The van der Waals surface area contributed by atoms with Gasteiger partial charge in [0, 0.05) is 55.2 Å². The van der Waals surface area contributed by atoms with E-state index in [-0.39, 0.29) is 6.71 Å². The van der Waals surface area contributed by atoms with Crippen molar-refractivity contribution in [2.75, 3.05) is 4.90 Å². The first kappa shape index (κ1) is 27.7. The Kier molecular flexibility index (Phi) is 5.16. The van der Waals surface area contributed by atoms with E-state index >= 15 is 0 Å². The molecule has 244 valence electrons. The number of nitrogens with zero attached hydrogens (tertiary/aromatic N) is 3. The fourth-order valence-electron chi connectivity index (χ4n) is 9.84. The molecule has 0 bridgehead atoms. The van der Waals surface area contributed by atoms with Gasteiger partial charge in [0.25, 0.3) is 6.71 Å². The molecular formula is C48H28BN3O. The molecule has 3 aromatic heterocycles. The van der Waals surface area contributed by atoms with Crippen LogP contribution in [0.4, 0.5) is 17.1 Å². The lowest BCUT2D eigenvalue weighted by atomic mass is 9.34. The summed E-state index contributed by atoms with van der Waals surface area (Å²) in [6, 6.07) is 62.0. The van der Waals surface area contributed by atoms with Gasteiger partial charge in [-0.05, 0) is 71.0 Å². The SMILES string of the molecule is c1ccc(N(c2ccccc2)c2cc3c4c(c2)-n2c5ccccc5c5c6oc7ccccc7c6cc(c52)B4c2cccc4c5ccccc5n-3c24)cc1. The van der Waals surface area contributed by atoms with Crippen LogP contribution in [0.15, 0.2) is 174 Å². The standard InChI is InChI=1S/C48H28BN3O/c1-3-14-29(15-4-1)50(30-16-5-2-6-17-30)31-26-41-45-42(27-31)52-40-24-11-8-20-35(40)44-47(52)38(28-36-33-19-9-12-25-43(33)53-48(36)44)49(45)37-22-13-21-34-32-18-7-10-23-39(32)51(41)46(34)37/h1-28H. The number of aromatic nitrogens is 2. The predicted octanol–water partition coefficient (Wildman–Crippen LogP) is 10.4. The minimum atomic E-state index is 0.0221. The molecule has 8 aromatic carbocycles. The maximum atomic E-state index is 6.81. The highest BCUT2D eigenvalue weighted by Gasteiger charge is 2.42. The molecule has 2 aliphatic heterocycles. The quantitative estimate of drug-likeness (QED) is 0.175. The third-order valence-electron chi connectivity index (χ3n) is 11.8. The summed E-state index contributed by atoms with van der Waals surface area (Å²) in [6.45, 7) is 0.0221. The molecule has 4 nitrogen and oxygen atoms in total. The Morgan fingerprint density at radius 1 is 0.434 bits per heavy atom. The van der Waals surface area contributed by atoms with E-state index in [1.807, 2.05) is 0 Å². The maximum Gasteiger partial charge on any atom is 0.252 e. The van der Waals surface area contributed by atoms with E-state index < -0.39 is 0 Å². The molecule has 0 saturated heterocycles. The van der Waals surface area contributed by atoms with Gasteiger partial charge in [0.05, 0.1) is 27.6 Å². The van der Waals surface area contributed by atoms with Crippen LogP contribution in [0.1, 0.15) is 0 Å². The van der Waals surface area contributed by atoms with Gasteiger partial charge in [-0.2, -0.15) is 0 Å². The number of hydrogen-bond acceptors (Lipinski definition) is 2. The average Bonchev–Trinajstić information content (AvgIpc) is 3.88. The Morgan fingerprint density at radius 2 is 1.02 bits per heavy atom. The summed E-state index contributed by atoms with van der Waals surface area (Å²) < 4.78 is 11.9. The highest BCUT2D eigenvalue weighted by Crippen LogP contribution is 2.45. The van der Waals surface area contributed by atoms with Gasteiger partial charge in [-0.3, -0.25) is 0 Å². The molecule has 0 radical (unpaired) electrons. The van der Waals surface area contributed by atoms with Crippen molar-refractivity contribution in [1.29, 1.82) is 0 Å². The van der Waals surface area contributed by atoms with Crippen LogP contribution in [0.3, 0.4) is 0 Å². The van der Waals surface area contributed by atoms with Crippen molar-refractivity contribution in [1.82, 2.24) is 9.13 Å². The minimum Gasteiger partial charge on any atom is -0.455 e. The number of furan rings is 1.